The highest BCUT2D eigenvalue weighted by Gasteiger charge is 2.31. The van der Waals surface area contributed by atoms with E-state index in [0.717, 1.165) is 12.8 Å². The lowest BCUT2D eigenvalue weighted by Crippen LogP contribution is -2.54. The van der Waals surface area contributed by atoms with Gasteiger partial charge in [0.1, 0.15) is 6.04 Å². The topological polar surface area (TPSA) is 92.5 Å². The van der Waals surface area contributed by atoms with Gasteiger partial charge in [0.05, 0.1) is 0 Å². The van der Waals surface area contributed by atoms with Gasteiger partial charge in [0.15, 0.2) is 0 Å². The van der Waals surface area contributed by atoms with Gasteiger partial charge in [-0.25, -0.2) is 0 Å². The highest BCUT2D eigenvalue weighted by Crippen LogP contribution is 2.18. The summed E-state index contributed by atoms with van der Waals surface area (Å²) in [5, 5.41) is 0. The molecule has 6 nitrogen and oxygen atoms in total. The van der Waals surface area contributed by atoms with Crippen molar-refractivity contribution in [3.05, 3.63) is 0 Å². The summed E-state index contributed by atoms with van der Waals surface area (Å²) < 4.78 is 28.1. The second-order valence-corrected chi connectivity index (χ2v) is 7.05. The zero-order valence-corrected chi connectivity index (χ0v) is 12.0. The molecule has 1 aliphatic rings. The van der Waals surface area contributed by atoms with Gasteiger partial charge in [0, 0.05) is 13.1 Å². The molecule has 0 aromatic carbocycles. The van der Waals surface area contributed by atoms with E-state index in [4.69, 9.17) is 5.73 Å². The second kappa shape index (κ2) is 5.99. The fourth-order valence-corrected chi connectivity index (χ4v) is 3.80. The van der Waals surface area contributed by atoms with E-state index in [0.29, 0.717) is 19.0 Å². The van der Waals surface area contributed by atoms with Crippen LogP contribution in [0.3, 0.4) is 0 Å². The van der Waals surface area contributed by atoms with Crippen LogP contribution in [-0.2, 0) is 15.0 Å². The Morgan fingerprint density at radius 2 is 2.06 bits per heavy atom. The van der Waals surface area contributed by atoms with Crippen LogP contribution in [0.15, 0.2) is 0 Å². The molecule has 2 atom stereocenters. The predicted octanol–water partition coefficient (Wildman–Crippen LogP) is 0.0626. The standard InChI is InChI=1S/C11H23N3O3S/c1-8(2)10(11(12)15)13-18(16,17)14-6-4-5-9(3)7-14/h8-10,13H,4-7H2,1-3H3,(H2,12,15). The van der Waals surface area contributed by atoms with Crippen LogP contribution in [0, 0.1) is 11.8 Å². The number of primary amides is 1. The molecule has 1 heterocycles. The van der Waals surface area contributed by atoms with Crippen molar-refractivity contribution in [1.82, 2.24) is 9.03 Å². The van der Waals surface area contributed by atoms with Gasteiger partial charge in [-0.3, -0.25) is 4.79 Å². The van der Waals surface area contributed by atoms with Crippen LogP contribution in [0.4, 0.5) is 0 Å². The number of hydrogen-bond acceptors (Lipinski definition) is 3. The number of amides is 1. The number of piperidine rings is 1. The lowest BCUT2D eigenvalue weighted by Gasteiger charge is -2.31. The third-order valence-electron chi connectivity index (χ3n) is 3.21. The molecule has 0 saturated carbocycles. The molecule has 1 rings (SSSR count). The van der Waals surface area contributed by atoms with Gasteiger partial charge < -0.3 is 5.73 Å². The summed E-state index contributed by atoms with van der Waals surface area (Å²) in [6.07, 6.45) is 1.89. The van der Waals surface area contributed by atoms with Crippen LogP contribution >= 0.6 is 0 Å². The Labute approximate surface area is 109 Å². The van der Waals surface area contributed by atoms with Crippen LogP contribution in [0.25, 0.3) is 0 Å². The zero-order chi connectivity index (χ0) is 13.9. The third kappa shape index (κ3) is 3.93. The van der Waals surface area contributed by atoms with E-state index in [2.05, 4.69) is 4.72 Å². The molecule has 1 amide bonds. The fourth-order valence-electron chi connectivity index (χ4n) is 2.12. The summed E-state index contributed by atoms with van der Waals surface area (Å²) in [7, 11) is -3.62. The second-order valence-electron chi connectivity index (χ2n) is 5.35. The van der Waals surface area contributed by atoms with Gasteiger partial charge in [-0.1, -0.05) is 20.8 Å². The summed E-state index contributed by atoms with van der Waals surface area (Å²) in [5.74, 6) is -0.459. The Morgan fingerprint density at radius 3 is 2.50 bits per heavy atom. The normalized spacial score (nSPS) is 24.1. The smallest absolute Gasteiger partial charge is 0.280 e. The number of rotatable bonds is 5. The minimum atomic E-state index is -3.62. The van der Waals surface area contributed by atoms with E-state index >= 15 is 0 Å². The first-order valence-electron chi connectivity index (χ1n) is 6.30. The van der Waals surface area contributed by atoms with Crippen molar-refractivity contribution in [3.63, 3.8) is 0 Å². The lowest BCUT2D eigenvalue weighted by molar-refractivity contribution is -0.120. The number of nitrogens with zero attached hydrogens (tertiary/aromatic N) is 1. The van der Waals surface area contributed by atoms with E-state index in [1.807, 2.05) is 6.92 Å². The Morgan fingerprint density at radius 1 is 1.44 bits per heavy atom. The maximum Gasteiger partial charge on any atom is 0.280 e. The molecular formula is C11H23N3O3S. The molecule has 0 bridgehead atoms. The molecule has 1 saturated heterocycles. The molecule has 18 heavy (non-hydrogen) atoms. The first-order valence-corrected chi connectivity index (χ1v) is 7.74. The molecule has 0 aromatic rings. The molecule has 106 valence electrons. The molecular weight excluding hydrogens is 254 g/mol. The van der Waals surface area contributed by atoms with Crippen molar-refractivity contribution in [3.8, 4) is 0 Å². The van der Waals surface area contributed by atoms with Gasteiger partial charge in [-0.2, -0.15) is 17.4 Å². The van der Waals surface area contributed by atoms with Crippen molar-refractivity contribution in [2.24, 2.45) is 17.6 Å². The van der Waals surface area contributed by atoms with E-state index in [1.165, 1.54) is 4.31 Å². The first-order chi connectivity index (χ1) is 8.24. The average molecular weight is 277 g/mol. The Hall–Kier alpha value is -0.660. The van der Waals surface area contributed by atoms with Crippen molar-refractivity contribution >= 4 is 16.1 Å². The molecule has 7 heteroatoms. The SMILES string of the molecule is CC1CCCN(S(=O)(=O)NC(C(N)=O)C(C)C)C1. The number of carbonyl (C=O) groups is 1. The molecule has 3 N–H and O–H groups in total. The summed E-state index contributed by atoms with van der Waals surface area (Å²) in [4.78, 5) is 11.2. The first kappa shape index (κ1) is 15.4. The highest BCUT2D eigenvalue weighted by atomic mass is 32.2. The summed E-state index contributed by atoms with van der Waals surface area (Å²) in [5.41, 5.74) is 5.22. The summed E-state index contributed by atoms with van der Waals surface area (Å²) >= 11 is 0. The fraction of sp³-hybridized carbons (Fsp3) is 0.909. The molecule has 0 radical (unpaired) electrons. The monoisotopic (exact) mass is 277 g/mol. The summed E-state index contributed by atoms with van der Waals surface area (Å²) in [6.45, 7) is 6.55. The maximum absolute atomic E-state index is 12.2. The van der Waals surface area contributed by atoms with Crippen LogP contribution in [0.2, 0.25) is 0 Å². The largest absolute Gasteiger partial charge is 0.368 e. The number of carbonyl (C=O) groups excluding carboxylic acids is 1. The minimum Gasteiger partial charge on any atom is -0.368 e. The van der Waals surface area contributed by atoms with Crippen molar-refractivity contribution in [2.75, 3.05) is 13.1 Å². The van der Waals surface area contributed by atoms with Crippen LogP contribution < -0.4 is 10.5 Å². The van der Waals surface area contributed by atoms with Crippen molar-refractivity contribution in [1.29, 1.82) is 0 Å². The maximum atomic E-state index is 12.2. The molecule has 0 aliphatic carbocycles. The number of nitrogens with one attached hydrogen (secondary N) is 1. The number of hydrogen-bond donors (Lipinski definition) is 2. The van der Waals surface area contributed by atoms with E-state index in [-0.39, 0.29) is 5.92 Å². The quantitative estimate of drug-likeness (QED) is 0.744. The predicted molar refractivity (Wildman–Crippen MR) is 69.8 cm³/mol. The van der Waals surface area contributed by atoms with E-state index in [9.17, 15) is 13.2 Å². The van der Waals surface area contributed by atoms with Crippen molar-refractivity contribution in [2.45, 2.75) is 39.7 Å². The van der Waals surface area contributed by atoms with Gasteiger partial charge in [0.2, 0.25) is 5.91 Å². The van der Waals surface area contributed by atoms with Crippen molar-refractivity contribution < 1.29 is 13.2 Å². The lowest BCUT2D eigenvalue weighted by atomic mass is 10.0. The molecule has 0 spiro atoms. The van der Waals surface area contributed by atoms with Crippen LogP contribution in [0.1, 0.15) is 33.6 Å². The average Bonchev–Trinajstić information content (AvgIpc) is 2.25. The minimum absolute atomic E-state index is 0.167. The molecule has 2 unspecified atom stereocenters. The van der Waals surface area contributed by atoms with Gasteiger partial charge >= 0.3 is 0 Å². The van der Waals surface area contributed by atoms with Crippen LogP contribution in [0.5, 0.6) is 0 Å². The van der Waals surface area contributed by atoms with Gasteiger partial charge in [-0.05, 0) is 24.7 Å². The van der Waals surface area contributed by atoms with E-state index < -0.39 is 22.2 Å². The molecule has 0 aromatic heterocycles. The van der Waals surface area contributed by atoms with E-state index in [1.54, 1.807) is 13.8 Å². The molecule has 1 fully saturated rings. The molecule has 1 aliphatic heterocycles. The highest BCUT2D eigenvalue weighted by molar-refractivity contribution is 7.87. The van der Waals surface area contributed by atoms with Gasteiger partial charge in [-0.15, -0.1) is 0 Å². The Bertz CT molecular complexity index is 394. The summed E-state index contributed by atoms with van der Waals surface area (Å²) in [6, 6.07) is -0.854. The Kier molecular flexibility index (Phi) is 5.12. The zero-order valence-electron chi connectivity index (χ0n) is 11.2. The third-order valence-corrected chi connectivity index (χ3v) is 4.77. The Balaban J connectivity index is 2.77. The number of nitrogens with two attached hydrogens (primary N) is 1. The van der Waals surface area contributed by atoms with Gasteiger partial charge in [0.25, 0.3) is 10.2 Å². The van der Waals surface area contributed by atoms with Crippen LogP contribution in [-0.4, -0.2) is 37.8 Å².